The van der Waals surface area contributed by atoms with Crippen molar-refractivity contribution in [2.75, 3.05) is 12.4 Å². The molecule has 0 aliphatic rings. The van der Waals surface area contributed by atoms with E-state index >= 15 is 0 Å². The lowest BCUT2D eigenvalue weighted by atomic mass is 10.1. The maximum Gasteiger partial charge on any atom is 0.141 e. The number of aryl methyl sites for hydroxylation is 1. The molecule has 104 valence electrons. The average Bonchev–Trinajstić information content (AvgIpc) is 2.87. The second kappa shape index (κ2) is 8.49. The lowest BCUT2D eigenvalue weighted by molar-refractivity contribution is 0.641. The Morgan fingerprint density at radius 3 is 2.26 bits per heavy atom. The Balaban J connectivity index is 0.000000741. The topological polar surface area (TPSA) is 35.8 Å². The SMILES string of the molecule is CC.CC.CNc1sc2c(F)ccc(C)c2c1C#N. The zero-order valence-electron chi connectivity index (χ0n) is 12.4. The van der Waals surface area contributed by atoms with Crippen LogP contribution >= 0.6 is 11.3 Å². The van der Waals surface area contributed by atoms with Crippen molar-refractivity contribution < 1.29 is 4.39 Å². The third-order valence-electron chi connectivity index (χ3n) is 2.34. The molecule has 1 heterocycles. The highest BCUT2D eigenvalue weighted by Gasteiger charge is 2.15. The van der Waals surface area contributed by atoms with E-state index < -0.39 is 0 Å². The fourth-order valence-electron chi connectivity index (χ4n) is 1.62. The highest BCUT2D eigenvalue weighted by molar-refractivity contribution is 7.23. The standard InChI is InChI=1S/C11H9FN2S.2C2H6/c1-6-3-4-8(12)10-9(6)7(5-13)11(14-2)15-10;2*1-2/h3-4,14H,1-2H3;2*1-2H3. The summed E-state index contributed by atoms with van der Waals surface area (Å²) in [5.41, 5.74) is 1.47. The number of nitrogens with zero attached hydrogens (tertiary/aromatic N) is 1. The molecule has 0 saturated heterocycles. The Bertz CT molecular complexity index is 568. The molecule has 4 heteroatoms. The number of nitrogens with one attached hydrogen (secondary N) is 1. The second-order valence-corrected chi connectivity index (χ2v) is 4.26. The summed E-state index contributed by atoms with van der Waals surface area (Å²) in [6, 6.07) is 5.26. The minimum Gasteiger partial charge on any atom is -0.379 e. The van der Waals surface area contributed by atoms with E-state index in [9.17, 15) is 4.39 Å². The number of thiophene rings is 1. The summed E-state index contributed by atoms with van der Waals surface area (Å²) in [4.78, 5) is 0. The van der Waals surface area contributed by atoms with Gasteiger partial charge in [0.05, 0.1) is 10.3 Å². The van der Waals surface area contributed by atoms with Crippen LogP contribution in [-0.4, -0.2) is 7.05 Å². The lowest BCUT2D eigenvalue weighted by Crippen LogP contribution is -1.87. The van der Waals surface area contributed by atoms with Crippen LogP contribution in [0.5, 0.6) is 0 Å². The first-order chi connectivity index (χ1) is 9.19. The van der Waals surface area contributed by atoms with Gasteiger partial charge in [0.2, 0.25) is 0 Å². The number of nitriles is 1. The number of rotatable bonds is 1. The van der Waals surface area contributed by atoms with Crippen LogP contribution in [0.15, 0.2) is 12.1 Å². The van der Waals surface area contributed by atoms with Crippen LogP contribution in [0.3, 0.4) is 0 Å². The van der Waals surface area contributed by atoms with Crippen LogP contribution in [0.4, 0.5) is 9.39 Å². The van der Waals surface area contributed by atoms with Gasteiger partial charge >= 0.3 is 0 Å². The summed E-state index contributed by atoms with van der Waals surface area (Å²) in [6.45, 7) is 9.88. The summed E-state index contributed by atoms with van der Waals surface area (Å²) >= 11 is 1.28. The van der Waals surface area contributed by atoms with Crippen LogP contribution in [0.1, 0.15) is 38.8 Å². The molecule has 0 fully saturated rings. The zero-order chi connectivity index (χ0) is 15.0. The summed E-state index contributed by atoms with van der Waals surface area (Å²) in [5.74, 6) is -0.265. The van der Waals surface area contributed by atoms with Gasteiger partial charge in [-0.25, -0.2) is 4.39 Å². The van der Waals surface area contributed by atoms with Gasteiger partial charge in [0.15, 0.2) is 0 Å². The molecule has 0 saturated carbocycles. The van der Waals surface area contributed by atoms with Crippen molar-refractivity contribution in [2.24, 2.45) is 0 Å². The molecule has 1 aromatic heterocycles. The molecule has 0 radical (unpaired) electrons. The fraction of sp³-hybridized carbons (Fsp3) is 0.400. The molecule has 2 rings (SSSR count). The Hall–Kier alpha value is -1.60. The van der Waals surface area contributed by atoms with Crippen LogP contribution in [0.2, 0.25) is 0 Å². The minimum absolute atomic E-state index is 0.265. The zero-order valence-corrected chi connectivity index (χ0v) is 13.2. The van der Waals surface area contributed by atoms with Gasteiger partial charge in [0.25, 0.3) is 0 Å². The third-order valence-corrected chi connectivity index (χ3v) is 3.55. The molecule has 0 atom stereocenters. The Morgan fingerprint density at radius 1 is 1.21 bits per heavy atom. The predicted molar refractivity (Wildman–Crippen MR) is 83.5 cm³/mol. The molecule has 1 aromatic carbocycles. The Kier molecular flexibility index (Phi) is 7.78. The first kappa shape index (κ1) is 17.4. The number of benzene rings is 1. The van der Waals surface area contributed by atoms with Crippen LogP contribution in [0.25, 0.3) is 10.1 Å². The fourth-order valence-corrected chi connectivity index (χ4v) is 2.70. The lowest BCUT2D eigenvalue weighted by Gasteiger charge is -1.97. The van der Waals surface area contributed by atoms with Gasteiger partial charge in [-0.15, -0.1) is 11.3 Å². The molecule has 0 aliphatic heterocycles. The molecule has 1 N–H and O–H groups in total. The molecule has 0 aliphatic carbocycles. The summed E-state index contributed by atoms with van der Waals surface area (Å²) in [7, 11) is 1.73. The number of hydrogen-bond acceptors (Lipinski definition) is 3. The van der Waals surface area contributed by atoms with Crippen molar-refractivity contribution in [2.45, 2.75) is 34.6 Å². The van der Waals surface area contributed by atoms with Crippen LogP contribution in [-0.2, 0) is 0 Å². The molecule has 0 spiro atoms. The van der Waals surface area contributed by atoms with E-state index in [1.54, 1.807) is 13.1 Å². The normalized spacial score (nSPS) is 8.74. The maximum absolute atomic E-state index is 13.5. The summed E-state index contributed by atoms with van der Waals surface area (Å²) in [6.07, 6.45) is 0. The monoisotopic (exact) mass is 280 g/mol. The van der Waals surface area contributed by atoms with Crippen molar-refractivity contribution in [3.05, 3.63) is 29.1 Å². The van der Waals surface area contributed by atoms with E-state index in [-0.39, 0.29) is 5.82 Å². The highest BCUT2D eigenvalue weighted by Crippen LogP contribution is 2.38. The van der Waals surface area contributed by atoms with E-state index in [2.05, 4.69) is 11.4 Å². The van der Waals surface area contributed by atoms with E-state index in [0.29, 0.717) is 10.3 Å². The number of halogens is 1. The van der Waals surface area contributed by atoms with Crippen molar-refractivity contribution in [3.8, 4) is 6.07 Å². The Labute approximate surface area is 118 Å². The molecular formula is C15H21FN2S. The smallest absolute Gasteiger partial charge is 0.141 e. The number of anilines is 1. The third kappa shape index (κ3) is 3.45. The van der Waals surface area contributed by atoms with E-state index in [0.717, 1.165) is 16.0 Å². The molecule has 0 bridgehead atoms. The summed E-state index contributed by atoms with van der Waals surface area (Å²) < 4.78 is 14.1. The largest absolute Gasteiger partial charge is 0.379 e. The van der Waals surface area contributed by atoms with Crippen molar-refractivity contribution in [1.29, 1.82) is 5.26 Å². The van der Waals surface area contributed by atoms with Crippen molar-refractivity contribution in [3.63, 3.8) is 0 Å². The van der Waals surface area contributed by atoms with Crippen molar-refractivity contribution in [1.82, 2.24) is 0 Å². The number of fused-ring (bicyclic) bond motifs is 1. The van der Waals surface area contributed by atoms with E-state index in [1.807, 2.05) is 34.6 Å². The Morgan fingerprint density at radius 2 is 1.79 bits per heavy atom. The molecule has 2 aromatic rings. The van der Waals surface area contributed by atoms with Gasteiger partial charge in [-0.05, 0) is 18.6 Å². The highest BCUT2D eigenvalue weighted by atomic mass is 32.1. The van der Waals surface area contributed by atoms with Crippen LogP contribution < -0.4 is 5.32 Å². The van der Waals surface area contributed by atoms with Gasteiger partial charge in [0, 0.05) is 12.4 Å². The van der Waals surface area contributed by atoms with Gasteiger partial charge in [0.1, 0.15) is 16.9 Å². The van der Waals surface area contributed by atoms with E-state index in [1.165, 1.54) is 17.4 Å². The van der Waals surface area contributed by atoms with Gasteiger partial charge in [-0.1, -0.05) is 33.8 Å². The van der Waals surface area contributed by atoms with E-state index in [4.69, 9.17) is 5.26 Å². The van der Waals surface area contributed by atoms with Gasteiger partial charge < -0.3 is 5.32 Å². The minimum atomic E-state index is -0.265. The number of hydrogen-bond donors (Lipinski definition) is 1. The molecule has 2 nitrogen and oxygen atoms in total. The predicted octanol–water partition coefficient (Wildman–Crippen LogP) is 5.31. The van der Waals surface area contributed by atoms with Gasteiger partial charge in [-0.2, -0.15) is 5.26 Å². The molecule has 0 unspecified atom stereocenters. The molecular weight excluding hydrogens is 259 g/mol. The van der Waals surface area contributed by atoms with Gasteiger partial charge in [-0.3, -0.25) is 0 Å². The second-order valence-electron chi connectivity index (χ2n) is 3.24. The molecule has 19 heavy (non-hydrogen) atoms. The molecule has 0 amide bonds. The average molecular weight is 280 g/mol. The van der Waals surface area contributed by atoms with Crippen molar-refractivity contribution >= 4 is 26.4 Å². The maximum atomic E-state index is 13.5. The first-order valence-corrected chi connectivity index (χ1v) is 7.30. The quantitative estimate of drug-likeness (QED) is 0.768. The van der Waals surface area contributed by atoms with Crippen LogP contribution in [0, 0.1) is 24.1 Å². The summed E-state index contributed by atoms with van der Waals surface area (Å²) in [5, 5.41) is 13.4. The first-order valence-electron chi connectivity index (χ1n) is 6.48.